The van der Waals surface area contributed by atoms with Gasteiger partial charge in [0.15, 0.2) is 0 Å². The number of hydrogen-bond donors (Lipinski definition) is 1. The predicted molar refractivity (Wildman–Crippen MR) is 75.8 cm³/mol. The number of nitrogens with one attached hydrogen (secondary N) is 1. The van der Waals surface area contributed by atoms with E-state index in [4.69, 9.17) is 4.74 Å². The largest absolute Gasteiger partial charge is 0.377 e. The van der Waals surface area contributed by atoms with Gasteiger partial charge in [-0.3, -0.25) is 4.79 Å². The number of ether oxygens (including phenoxy) is 1. The summed E-state index contributed by atoms with van der Waals surface area (Å²) in [6, 6.07) is 1.84. The standard InChI is InChI=1S/C13H21BrN2O2/c1-4-6-16-9-11(14)8-12(16)13(17)15-5-7-18-10(2)3/h8-10H,4-7H2,1-3H3,(H,15,17). The average Bonchev–Trinajstić information content (AvgIpc) is 2.66. The van der Waals surface area contributed by atoms with Crippen LogP contribution in [0.3, 0.4) is 0 Å². The van der Waals surface area contributed by atoms with Crippen LogP contribution in [0.2, 0.25) is 0 Å². The van der Waals surface area contributed by atoms with Gasteiger partial charge >= 0.3 is 0 Å². The molecule has 0 radical (unpaired) electrons. The van der Waals surface area contributed by atoms with E-state index in [1.807, 2.05) is 30.7 Å². The van der Waals surface area contributed by atoms with Crippen molar-refractivity contribution in [3.05, 3.63) is 22.4 Å². The van der Waals surface area contributed by atoms with Gasteiger partial charge in [-0.25, -0.2) is 0 Å². The Bertz CT molecular complexity index is 388. The lowest BCUT2D eigenvalue weighted by Gasteiger charge is -2.10. The quantitative estimate of drug-likeness (QED) is 0.786. The van der Waals surface area contributed by atoms with Crippen molar-refractivity contribution in [3.63, 3.8) is 0 Å². The number of aryl methyl sites for hydroxylation is 1. The first kappa shape index (κ1) is 15.2. The first-order valence-electron chi connectivity index (χ1n) is 6.30. The topological polar surface area (TPSA) is 43.3 Å². The van der Waals surface area contributed by atoms with E-state index in [0.29, 0.717) is 18.8 Å². The van der Waals surface area contributed by atoms with Crippen molar-refractivity contribution >= 4 is 21.8 Å². The fourth-order valence-electron chi connectivity index (χ4n) is 1.64. The van der Waals surface area contributed by atoms with Gasteiger partial charge in [0.25, 0.3) is 5.91 Å². The van der Waals surface area contributed by atoms with E-state index in [0.717, 1.165) is 17.4 Å². The van der Waals surface area contributed by atoms with Crippen LogP contribution in [0.15, 0.2) is 16.7 Å². The van der Waals surface area contributed by atoms with Crippen molar-refractivity contribution in [2.45, 2.75) is 39.8 Å². The highest BCUT2D eigenvalue weighted by atomic mass is 79.9. The van der Waals surface area contributed by atoms with E-state index in [1.54, 1.807) is 0 Å². The fourth-order valence-corrected chi connectivity index (χ4v) is 2.10. The number of amides is 1. The van der Waals surface area contributed by atoms with Crippen LogP contribution in [-0.4, -0.2) is 29.7 Å². The lowest BCUT2D eigenvalue weighted by Crippen LogP contribution is -2.29. The number of aromatic nitrogens is 1. The van der Waals surface area contributed by atoms with Crippen LogP contribution in [0.1, 0.15) is 37.7 Å². The van der Waals surface area contributed by atoms with Gasteiger partial charge in [0.1, 0.15) is 5.69 Å². The van der Waals surface area contributed by atoms with Crippen molar-refractivity contribution in [1.29, 1.82) is 0 Å². The van der Waals surface area contributed by atoms with Crippen molar-refractivity contribution in [1.82, 2.24) is 9.88 Å². The molecule has 0 aromatic carbocycles. The minimum atomic E-state index is -0.0542. The van der Waals surface area contributed by atoms with Gasteiger partial charge in [-0.15, -0.1) is 0 Å². The van der Waals surface area contributed by atoms with Crippen LogP contribution in [0, 0.1) is 0 Å². The van der Waals surface area contributed by atoms with Gasteiger partial charge in [-0.05, 0) is 42.3 Å². The van der Waals surface area contributed by atoms with Gasteiger partial charge in [0.05, 0.1) is 12.7 Å². The van der Waals surface area contributed by atoms with Crippen LogP contribution >= 0.6 is 15.9 Å². The first-order valence-corrected chi connectivity index (χ1v) is 7.09. The van der Waals surface area contributed by atoms with Gasteiger partial charge in [-0.2, -0.15) is 0 Å². The third kappa shape index (κ3) is 4.82. The number of halogens is 1. The molecule has 5 heteroatoms. The minimum Gasteiger partial charge on any atom is -0.377 e. The van der Waals surface area contributed by atoms with Crippen LogP contribution in [0.25, 0.3) is 0 Å². The second kappa shape index (κ2) is 7.59. The van der Waals surface area contributed by atoms with Gasteiger partial charge in [0.2, 0.25) is 0 Å². The van der Waals surface area contributed by atoms with Crippen molar-refractivity contribution in [2.75, 3.05) is 13.2 Å². The van der Waals surface area contributed by atoms with E-state index in [2.05, 4.69) is 28.2 Å². The molecule has 0 saturated carbocycles. The smallest absolute Gasteiger partial charge is 0.268 e. The molecule has 0 aliphatic rings. The van der Waals surface area contributed by atoms with E-state index in [9.17, 15) is 4.79 Å². The molecule has 0 fully saturated rings. The van der Waals surface area contributed by atoms with Gasteiger partial charge in [0, 0.05) is 23.8 Å². The maximum atomic E-state index is 12.0. The molecule has 18 heavy (non-hydrogen) atoms. The van der Waals surface area contributed by atoms with Crippen molar-refractivity contribution in [3.8, 4) is 0 Å². The van der Waals surface area contributed by atoms with Gasteiger partial charge in [-0.1, -0.05) is 6.92 Å². The summed E-state index contributed by atoms with van der Waals surface area (Å²) >= 11 is 3.40. The number of hydrogen-bond acceptors (Lipinski definition) is 2. The van der Waals surface area contributed by atoms with Crippen LogP contribution in [0.5, 0.6) is 0 Å². The van der Waals surface area contributed by atoms with Crippen LogP contribution in [-0.2, 0) is 11.3 Å². The van der Waals surface area contributed by atoms with Crippen LogP contribution in [0.4, 0.5) is 0 Å². The third-order valence-electron chi connectivity index (χ3n) is 2.40. The monoisotopic (exact) mass is 316 g/mol. The fraction of sp³-hybridized carbons (Fsp3) is 0.615. The third-order valence-corrected chi connectivity index (χ3v) is 2.83. The molecule has 1 N–H and O–H groups in total. The highest BCUT2D eigenvalue weighted by Gasteiger charge is 2.12. The maximum absolute atomic E-state index is 12.0. The maximum Gasteiger partial charge on any atom is 0.268 e. The summed E-state index contributed by atoms with van der Waals surface area (Å²) in [7, 11) is 0. The summed E-state index contributed by atoms with van der Waals surface area (Å²) in [5, 5.41) is 2.86. The number of carbonyl (C=O) groups is 1. The summed E-state index contributed by atoms with van der Waals surface area (Å²) in [5.74, 6) is -0.0542. The zero-order chi connectivity index (χ0) is 13.5. The summed E-state index contributed by atoms with van der Waals surface area (Å²) < 4.78 is 8.27. The molecule has 4 nitrogen and oxygen atoms in total. The normalized spacial score (nSPS) is 10.9. The molecule has 0 unspecified atom stereocenters. The van der Waals surface area contributed by atoms with E-state index in [1.165, 1.54) is 0 Å². The Labute approximate surface area is 117 Å². The second-order valence-electron chi connectivity index (χ2n) is 4.41. The lowest BCUT2D eigenvalue weighted by atomic mass is 10.3. The molecular formula is C13H21BrN2O2. The molecule has 0 bridgehead atoms. The highest BCUT2D eigenvalue weighted by Crippen LogP contribution is 2.15. The Morgan fingerprint density at radius 1 is 1.56 bits per heavy atom. The number of nitrogens with zero attached hydrogens (tertiary/aromatic N) is 1. The zero-order valence-corrected chi connectivity index (χ0v) is 12.8. The summed E-state index contributed by atoms with van der Waals surface area (Å²) in [5.41, 5.74) is 0.688. The average molecular weight is 317 g/mol. The second-order valence-corrected chi connectivity index (χ2v) is 5.33. The molecule has 0 aliphatic carbocycles. The molecule has 1 aromatic heterocycles. The number of carbonyl (C=O) groups excluding carboxylic acids is 1. The Kier molecular flexibility index (Phi) is 6.43. The van der Waals surface area contributed by atoms with E-state index >= 15 is 0 Å². The lowest BCUT2D eigenvalue weighted by molar-refractivity contribution is 0.0743. The zero-order valence-electron chi connectivity index (χ0n) is 11.2. The molecule has 1 heterocycles. The molecule has 1 aromatic rings. The predicted octanol–water partition coefficient (Wildman–Crippen LogP) is 2.82. The summed E-state index contributed by atoms with van der Waals surface area (Å²) in [4.78, 5) is 12.0. The van der Waals surface area contributed by atoms with Gasteiger partial charge < -0.3 is 14.6 Å². The molecular weight excluding hydrogens is 296 g/mol. The van der Waals surface area contributed by atoms with Crippen molar-refractivity contribution < 1.29 is 9.53 Å². The molecule has 0 saturated heterocycles. The van der Waals surface area contributed by atoms with E-state index < -0.39 is 0 Å². The summed E-state index contributed by atoms with van der Waals surface area (Å²) in [6.07, 6.45) is 3.13. The molecule has 0 atom stereocenters. The van der Waals surface area contributed by atoms with Crippen LogP contribution < -0.4 is 5.32 Å². The first-order chi connectivity index (χ1) is 8.54. The molecule has 102 valence electrons. The molecule has 0 aliphatic heterocycles. The van der Waals surface area contributed by atoms with Crippen molar-refractivity contribution in [2.24, 2.45) is 0 Å². The van der Waals surface area contributed by atoms with E-state index in [-0.39, 0.29) is 12.0 Å². The molecule has 0 spiro atoms. The Hall–Kier alpha value is -0.810. The molecule has 1 rings (SSSR count). The Morgan fingerprint density at radius 3 is 2.89 bits per heavy atom. The minimum absolute atomic E-state index is 0.0542. The highest BCUT2D eigenvalue weighted by molar-refractivity contribution is 9.10. The SMILES string of the molecule is CCCn1cc(Br)cc1C(=O)NCCOC(C)C. The molecule has 1 amide bonds. The Balaban J connectivity index is 2.50. The summed E-state index contributed by atoms with van der Waals surface area (Å²) in [6.45, 7) is 7.96. The Morgan fingerprint density at radius 2 is 2.28 bits per heavy atom. The number of rotatable bonds is 7.